The van der Waals surface area contributed by atoms with Gasteiger partial charge in [0.15, 0.2) is 5.82 Å². The SMILES string of the molecule is C[C@@H]1NC(=O)[C@H](CO)NC(=O)[C@@H](NC(=O)[C@H]2CCCO2)Cc2ccc(cc2)OCCNC(=O)Cn2nc(-c3ccccc3)nc21. The number of carbonyl (C=O) groups is 4. The molecule has 14 heteroatoms. The van der Waals surface area contributed by atoms with E-state index in [1.807, 2.05) is 30.3 Å². The molecule has 0 aliphatic carbocycles. The van der Waals surface area contributed by atoms with Crippen LogP contribution in [0.3, 0.4) is 0 Å². The third kappa shape index (κ3) is 8.22. The van der Waals surface area contributed by atoms with Crippen molar-refractivity contribution in [1.29, 1.82) is 0 Å². The van der Waals surface area contributed by atoms with Gasteiger partial charge in [-0.3, -0.25) is 19.2 Å². The summed E-state index contributed by atoms with van der Waals surface area (Å²) in [6, 6.07) is 13.0. The summed E-state index contributed by atoms with van der Waals surface area (Å²) >= 11 is 0. The Morgan fingerprint density at radius 3 is 2.53 bits per heavy atom. The van der Waals surface area contributed by atoms with Crippen LogP contribution in [0.15, 0.2) is 54.6 Å². The zero-order valence-electron chi connectivity index (χ0n) is 24.9. The van der Waals surface area contributed by atoms with Gasteiger partial charge in [0, 0.05) is 18.6 Å². The number of benzene rings is 2. The predicted molar refractivity (Wildman–Crippen MR) is 161 cm³/mol. The second-order valence-electron chi connectivity index (χ2n) is 10.9. The highest BCUT2D eigenvalue weighted by Gasteiger charge is 2.31. The Morgan fingerprint density at radius 2 is 1.82 bits per heavy atom. The van der Waals surface area contributed by atoms with Gasteiger partial charge in [0.2, 0.25) is 23.6 Å². The van der Waals surface area contributed by atoms with Crippen molar-refractivity contribution in [3.05, 3.63) is 66.0 Å². The molecular weight excluding hydrogens is 582 g/mol. The first-order chi connectivity index (χ1) is 21.8. The topological polar surface area (TPSA) is 186 Å². The minimum absolute atomic E-state index is 0.113. The number of ether oxygens (including phenoxy) is 2. The van der Waals surface area contributed by atoms with Crippen molar-refractivity contribution in [1.82, 2.24) is 36.0 Å². The first-order valence-electron chi connectivity index (χ1n) is 14.9. The van der Waals surface area contributed by atoms with E-state index in [9.17, 15) is 24.3 Å². The van der Waals surface area contributed by atoms with E-state index in [1.165, 1.54) is 4.68 Å². The molecule has 1 fully saturated rings. The third-order valence-corrected chi connectivity index (χ3v) is 7.50. The number of carbonyl (C=O) groups excluding carboxylic acids is 4. The number of nitrogens with one attached hydrogen (secondary N) is 4. The van der Waals surface area contributed by atoms with E-state index in [1.54, 1.807) is 31.2 Å². The second kappa shape index (κ2) is 14.8. The summed E-state index contributed by atoms with van der Waals surface area (Å²) in [5.41, 5.74) is 1.45. The number of fused-ring (bicyclic) bond motifs is 14. The minimum Gasteiger partial charge on any atom is -0.492 e. The van der Waals surface area contributed by atoms with Crippen molar-refractivity contribution in [2.45, 2.75) is 57.0 Å². The quantitative estimate of drug-likeness (QED) is 0.268. The largest absolute Gasteiger partial charge is 0.492 e. The molecule has 0 radical (unpaired) electrons. The monoisotopic (exact) mass is 619 g/mol. The minimum atomic E-state index is -1.34. The van der Waals surface area contributed by atoms with Crippen LogP contribution in [0, 0.1) is 0 Å². The molecule has 2 bridgehead atoms. The molecule has 3 aliphatic heterocycles. The average Bonchev–Trinajstić information content (AvgIpc) is 3.73. The Balaban J connectivity index is 1.41. The number of aliphatic hydroxyl groups excluding tert-OH is 1. The Labute approximate surface area is 259 Å². The van der Waals surface area contributed by atoms with Gasteiger partial charge >= 0.3 is 0 Å². The molecule has 1 aromatic heterocycles. The average molecular weight is 620 g/mol. The lowest BCUT2D eigenvalue weighted by Gasteiger charge is -2.24. The van der Waals surface area contributed by atoms with Gasteiger partial charge in [-0.1, -0.05) is 42.5 Å². The molecule has 238 valence electrons. The molecule has 4 atom stereocenters. The molecule has 1 saturated heterocycles. The standard InChI is InChI=1S/C31H37N7O7/c1-19-28-36-27(21-6-3-2-4-7-21)37-38(28)17-26(40)32-13-15-44-22-11-9-20(10-12-22)16-23(34-31(43)25-8-5-14-45-25)29(41)35-24(18-39)30(42)33-19/h2-4,6-7,9-12,19,23-25,39H,5,8,13-18H2,1H3,(H,32,40)(H,33,42)(H,34,43)(H,35,41)/t19-,23-,24-,25+/m0/s1. The zero-order chi connectivity index (χ0) is 31.8. The summed E-state index contributed by atoms with van der Waals surface area (Å²) < 4.78 is 12.7. The second-order valence-corrected chi connectivity index (χ2v) is 10.9. The van der Waals surface area contributed by atoms with Crippen LogP contribution in [-0.2, 0) is 36.9 Å². The van der Waals surface area contributed by atoms with Gasteiger partial charge in [-0.05, 0) is 37.5 Å². The summed E-state index contributed by atoms with van der Waals surface area (Å²) in [6.45, 7) is 1.70. The van der Waals surface area contributed by atoms with Crippen LogP contribution in [0.1, 0.15) is 37.2 Å². The van der Waals surface area contributed by atoms with Crippen LogP contribution < -0.4 is 26.0 Å². The van der Waals surface area contributed by atoms with Crippen LogP contribution in [0.2, 0.25) is 0 Å². The fourth-order valence-corrected chi connectivity index (χ4v) is 5.11. The molecule has 14 nitrogen and oxygen atoms in total. The van der Waals surface area contributed by atoms with Gasteiger partial charge in [0.05, 0.1) is 19.2 Å². The maximum Gasteiger partial charge on any atom is 0.249 e. The molecule has 4 heterocycles. The van der Waals surface area contributed by atoms with Crippen LogP contribution >= 0.6 is 0 Å². The van der Waals surface area contributed by atoms with Crippen LogP contribution in [0.5, 0.6) is 5.75 Å². The summed E-state index contributed by atoms with van der Waals surface area (Å²) in [7, 11) is 0. The van der Waals surface area contributed by atoms with E-state index >= 15 is 0 Å². The summed E-state index contributed by atoms with van der Waals surface area (Å²) in [5.74, 6) is -0.860. The molecule has 45 heavy (non-hydrogen) atoms. The first kappa shape index (κ1) is 31.6. The van der Waals surface area contributed by atoms with Gasteiger partial charge in [0.1, 0.15) is 42.9 Å². The fraction of sp³-hybridized carbons (Fsp3) is 0.419. The van der Waals surface area contributed by atoms with Crippen LogP contribution in [0.25, 0.3) is 11.4 Å². The number of aliphatic hydroxyl groups is 1. The zero-order valence-corrected chi connectivity index (χ0v) is 24.9. The van der Waals surface area contributed by atoms with Crippen LogP contribution in [-0.4, -0.2) is 88.1 Å². The van der Waals surface area contributed by atoms with E-state index in [-0.39, 0.29) is 32.0 Å². The predicted octanol–water partition coefficient (Wildman–Crippen LogP) is 0.0145. The molecule has 0 saturated carbocycles. The molecule has 5 N–H and O–H groups in total. The lowest BCUT2D eigenvalue weighted by atomic mass is 10.0. The number of hydrogen-bond acceptors (Lipinski definition) is 9. The Morgan fingerprint density at radius 1 is 1.04 bits per heavy atom. The third-order valence-electron chi connectivity index (χ3n) is 7.50. The highest BCUT2D eigenvalue weighted by Crippen LogP contribution is 2.20. The molecule has 0 spiro atoms. The smallest absolute Gasteiger partial charge is 0.249 e. The Hall–Kier alpha value is -4.82. The number of amides is 4. The van der Waals surface area contributed by atoms with Gasteiger partial charge in [-0.25, -0.2) is 9.67 Å². The van der Waals surface area contributed by atoms with Gasteiger partial charge in [0.25, 0.3) is 0 Å². The highest BCUT2D eigenvalue weighted by molar-refractivity contribution is 5.93. The summed E-state index contributed by atoms with van der Waals surface area (Å²) in [5, 5.41) is 25.5. The van der Waals surface area contributed by atoms with Crippen molar-refractivity contribution >= 4 is 23.6 Å². The molecule has 2 aromatic carbocycles. The number of nitrogens with zero attached hydrogens (tertiary/aromatic N) is 3. The summed E-state index contributed by atoms with van der Waals surface area (Å²) in [4.78, 5) is 57.1. The van der Waals surface area contributed by atoms with Gasteiger partial charge < -0.3 is 35.8 Å². The van der Waals surface area contributed by atoms with Crippen molar-refractivity contribution in [3.8, 4) is 17.1 Å². The van der Waals surface area contributed by atoms with E-state index < -0.39 is 48.6 Å². The lowest BCUT2D eigenvalue weighted by molar-refractivity contribution is -0.136. The van der Waals surface area contributed by atoms with E-state index in [0.717, 1.165) is 17.5 Å². The van der Waals surface area contributed by atoms with Crippen molar-refractivity contribution < 1.29 is 33.8 Å². The lowest BCUT2D eigenvalue weighted by Crippen LogP contribution is -2.56. The van der Waals surface area contributed by atoms with E-state index in [4.69, 9.17) is 9.47 Å². The molecular formula is C31H37N7O7. The van der Waals surface area contributed by atoms with E-state index in [0.29, 0.717) is 30.4 Å². The van der Waals surface area contributed by atoms with Gasteiger partial charge in [-0.15, -0.1) is 0 Å². The Bertz CT molecular complexity index is 1490. The van der Waals surface area contributed by atoms with Crippen molar-refractivity contribution in [3.63, 3.8) is 0 Å². The maximum atomic E-state index is 13.5. The molecule has 3 aromatic rings. The van der Waals surface area contributed by atoms with E-state index in [2.05, 4.69) is 31.3 Å². The number of aromatic nitrogens is 3. The highest BCUT2D eigenvalue weighted by atomic mass is 16.5. The number of rotatable bonds is 4. The van der Waals surface area contributed by atoms with Crippen molar-refractivity contribution in [2.75, 3.05) is 26.4 Å². The normalized spacial score (nSPS) is 23.2. The molecule has 0 unspecified atom stereocenters. The molecule has 6 rings (SSSR count). The summed E-state index contributed by atoms with van der Waals surface area (Å²) in [6.07, 6.45) is 0.738. The van der Waals surface area contributed by atoms with Crippen LogP contribution in [0.4, 0.5) is 0 Å². The Kier molecular flexibility index (Phi) is 10.4. The van der Waals surface area contributed by atoms with Gasteiger partial charge in [-0.2, -0.15) is 5.10 Å². The first-order valence-corrected chi connectivity index (χ1v) is 14.9. The fourth-order valence-electron chi connectivity index (χ4n) is 5.11. The van der Waals surface area contributed by atoms with Crippen molar-refractivity contribution in [2.24, 2.45) is 0 Å². The maximum absolute atomic E-state index is 13.5. The molecule has 4 amide bonds. The molecule has 3 aliphatic rings. The number of hydrogen-bond donors (Lipinski definition) is 5.